The first kappa shape index (κ1) is 18.3. The van der Waals surface area contributed by atoms with Crippen molar-refractivity contribution in [3.63, 3.8) is 0 Å². The van der Waals surface area contributed by atoms with Crippen LogP contribution in [0.5, 0.6) is 0 Å². The van der Waals surface area contributed by atoms with Gasteiger partial charge in [-0.3, -0.25) is 4.79 Å². The molecule has 0 aliphatic carbocycles. The van der Waals surface area contributed by atoms with E-state index in [1.165, 1.54) is 31.2 Å². The van der Waals surface area contributed by atoms with Gasteiger partial charge in [-0.1, -0.05) is 6.07 Å². The minimum Gasteiger partial charge on any atom is -0.369 e. The molecule has 2 aromatic rings. The molecule has 1 aliphatic rings. The molecule has 0 spiro atoms. The lowest BCUT2D eigenvalue weighted by atomic mass is 10.2. The minimum absolute atomic E-state index is 0.0582. The van der Waals surface area contributed by atoms with Crippen molar-refractivity contribution in [1.29, 1.82) is 0 Å². The van der Waals surface area contributed by atoms with Crippen LogP contribution in [0.2, 0.25) is 0 Å². The molecule has 26 heavy (non-hydrogen) atoms. The Morgan fingerprint density at radius 3 is 2.54 bits per heavy atom. The second-order valence-electron chi connectivity index (χ2n) is 6.06. The van der Waals surface area contributed by atoms with Crippen LogP contribution in [0.15, 0.2) is 52.3 Å². The molecule has 0 aromatic heterocycles. The van der Waals surface area contributed by atoms with E-state index in [0.717, 1.165) is 37.9 Å². The summed E-state index contributed by atoms with van der Waals surface area (Å²) >= 11 is 0. The van der Waals surface area contributed by atoms with Gasteiger partial charge in [0.15, 0.2) is 0 Å². The molecule has 8 heteroatoms. The Bertz CT molecular complexity index is 925. The van der Waals surface area contributed by atoms with Crippen molar-refractivity contribution in [1.82, 2.24) is 5.32 Å². The molecule has 0 saturated carbocycles. The van der Waals surface area contributed by atoms with Gasteiger partial charge < -0.3 is 15.5 Å². The Morgan fingerprint density at radius 1 is 1.15 bits per heavy atom. The monoisotopic (exact) mass is 377 g/mol. The van der Waals surface area contributed by atoms with E-state index in [4.69, 9.17) is 0 Å². The van der Waals surface area contributed by atoms with Gasteiger partial charge in [-0.05, 0) is 36.4 Å². The van der Waals surface area contributed by atoms with E-state index >= 15 is 0 Å². The SMILES string of the molecule is CC(=O)Nc1cc(N2CCNCC2)ccc1S(=O)(=O)c1cccc(F)c1. The summed E-state index contributed by atoms with van der Waals surface area (Å²) in [6, 6.07) is 9.65. The summed E-state index contributed by atoms with van der Waals surface area (Å²) in [5, 5.41) is 5.84. The van der Waals surface area contributed by atoms with Crippen LogP contribution in [-0.2, 0) is 14.6 Å². The number of sulfone groups is 1. The molecular formula is C18H20FN3O3S. The molecule has 2 aromatic carbocycles. The molecule has 1 amide bonds. The second-order valence-corrected chi connectivity index (χ2v) is 7.98. The molecule has 3 rings (SSSR count). The third-order valence-corrected chi connectivity index (χ3v) is 5.96. The van der Waals surface area contributed by atoms with Gasteiger partial charge in [0, 0.05) is 38.8 Å². The first-order valence-electron chi connectivity index (χ1n) is 8.26. The maximum absolute atomic E-state index is 13.5. The third kappa shape index (κ3) is 3.86. The first-order valence-corrected chi connectivity index (χ1v) is 9.74. The summed E-state index contributed by atoms with van der Waals surface area (Å²) in [5.74, 6) is -1.01. The molecule has 1 aliphatic heterocycles. The lowest BCUT2D eigenvalue weighted by Crippen LogP contribution is -2.43. The summed E-state index contributed by atoms with van der Waals surface area (Å²) in [6.45, 7) is 4.55. The van der Waals surface area contributed by atoms with Gasteiger partial charge in [-0.25, -0.2) is 12.8 Å². The van der Waals surface area contributed by atoms with E-state index in [1.807, 2.05) is 0 Å². The van der Waals surface area contributed by atoms with Crippen molar-refractivity contribution in [2.75, 3.05) is 36.4 Å². The zero-order valence-electron chi connectivity index (χ0n) is 14.3. The van der Waals surface area contributed by atoms with Gasteiger partial charge in [-0.2, -0.15) is 0 Å². The molecule has 138 valence electrons. The zero-order valence-corrected chi connectivity index (χ0v) is 15.1. The average Bonchev–Trinajstić information content (AvgIpc) is 2.62. The number of anilines is 2. The third-order valence-electron chi connectivity index (χ3n) is 4.15. The lowest BCUT2D eigenvalue weighted by Gasteiger charge is -2.30. The molecule has 0 bridgehead atoms. The smallest absolute Gasteiger partial charge is 0.221 e. The van der Waals surface area contributed by atoms with Gasteiger partial charge in [0.2, 0.25) is 15.7 Å². The normalized spacial score (nSPS) is 14.9. The number of hydrogen-bond donors (Lipinski definition) is 2. The first-order chi connectivity index (χ1) is 12.4. The second kappa shape index (κ2) is 7.43. The summed E-state index contributed by atoms with van der Waals surface area (Å²) in [5.41, 5.74) is 1.02. The minimum atomic E-state index is -3.97. The number of amides is 1. The quantitative estimate of drug-likeness (QED) is 0.852. The maximum Gasteiger partial charge on any atom is 0.221 e. The molecule has 0 unspecified atom stereocenters. The Hall–Kier alpha value is -2.45. The highest BCUT2D eigenvalue weighted by atomic mass is 32.2. The van der Waals surface area contributed by atoms with Crippen LogP contribution in [0.3, 0.4) is 0 Å². The molecular weight excluding hydrogens is 357 g/mol. The van der Waals surface area contributed by atoms with E-state index in [2.05, 4.69) is 15.5 Å². The Labute approximate surface area is 151 Å². The van der Waals surface area contributed by atoms with Crippen molar-refractivity contribution >= 4 is 27.1 Å². The zero-order chi connectivity index (χ0) is 18.7. The fraction of sp³-hybridized carbons (Fsp3) is 0.278. The van der Waals surface area contributed by atoms with E-state index in [0.29, 0.717) is 0 Å². The fourth-order valence-electron chi connectivity index (χ4n) is 2.92. The Morgan fingerprint density at radius 2 is 1.88 bits per heavy atom. The standard InChI is InChI=1S/C18H20FN3O3S/c1-13(23)21-17-12-15(22-9-7-20-8-10-22)5-6-18(17)26(24,25)16-4-2-3-14(19)11-16/h2-6,11-12,20H,7-10H2,1H3,(H,21,23). The molecule has 2 N–H and O–H groups in total. The number of halogens is 1. The van der Waals surface area contributed by atoms with E-state index < -0.39 is 15.7 Å². The van der Waals surface area contributed by atoms with Crippen LogP contribution in [0.25, 0.3) is 0 Å². The number of nitrogens with one attached hydrogen (secondary N) is 2. The number of hydrogen-bond acceptors (Lipinski definition) is 5. The predicted octanol–water partition coefficient (Wildman–Crippen LogP) is 2.03. The highest BCUT2D eigenvalue weighted by Crippen LogP contribution is 2.32. The summed E-state index contributed by atoms with van der Waals surface area (Å²) < 4.78 is 39.4. The predicted molar refractivity (Wildman–Crippen MR) is 97.7 cm³/mol. The number of rotatable bonds is 4. The van der Waals surface area contributed by atoms with Gasteiger partial charge in [0.25, 0.3) is 0 Å². The van der Waals surface area contributed by atoms with Gasteiger partial charge in [-0.15, -0.1) is 0 Å². The highest BCUT2D eigenvalue weighted by molar-refractivity contribution is 7.91. The van der Waals surface area contributed by atoms with Crippen LogP contribution in [0, 0.1) is 5.82 Å². The lowest BCUT2D eigenvalue weighted by molar-refractivity contribution is -0.114. The van der Waals surface area contributed by atoms with Crippen molar-refractivity contribution < 1.29 is 17.6 Å². The van der Waals surface area contributed by atoms with E-state index in [1.54, 1.807) is 12.1 Å². The van der Waals surface area contributed by atoms with E-state index in [9.17, 15) is 17.6 Å². The van der Waals surface area contributed by atoms with Crippen LogP contribution in [-0.4, -0.2) is 40.5 Å². The number of benzene rings is 2. The molecule has 0 atom stereocenters. The molecule has 6 nitrogen and oxygen atoms in total. The van der Waals surface area contributed by atoms with Crippen molar-refractivity contribution in [2.45, 2.75) is 16.7 Å². The van der Waals surface area contributed by atoms with Gasteiger partial charge in [0.05, 0.1) is 15.5 Å². The number of piperazine rings is 1. The largest absolute Gasteiger partial charge is 0.369 e. The maximum atomic E-state index is 13.5. The summed E-state index contributed by atoms with van der Waals surface area (Å²) in [6.07, 6.45) is 0. The van der Waals surface area contributed by atoms with E-state index in [-0.39, 0.29) is 21.4 Å². The van der Waals surface area contributed by atoms with Crippen LogP contribution < -0.4 is 15.5 Å². The molecule has 1 saturated heterocycles. The number of nitrogens with zero attached hydrogens (tertiary/aromatic N) is 1. The fourth-order valence-corrected chi connectivity index (χ4v) is 4.35. The van der Waals surface area contributed by atoms with Crippen molar-refractivity contribution in [3.8, 4) is 0 Å². The van der Waals surface area contributed by atoms with Crippen molar-refractivity contribution in [3.05, 3.63) is 48.3 Å². The number of carbonyl (C=O) groups excluding carboxylic acids is 1. The van der Waals surface area contributed by atoms with Crippen molar-refractivity contribution in [2.24, 2.45) is 0 Å². The average molecular weight is 377 g/mol. The van der Waals surface area contributed by atoms with Crippen LogP contribution in [0.4, 0.5) is 15.8 Å². The Kier molecular flexibility index (Phi) is 5.24. The Balaban J connectivity index is 2.06. The molecule has 1 heterocycles. The number of carbonyl (C=O) groups is 1. The molecule has 0 radical (unpaired) electrons. The van der Waals surface area contributed by atoms with Crippen LogP contribution in [0.1, 0.15) is 6.92 Å². The summed E-state index contributed by atoms with van der Waals surface area (Å²) in [7, 11) is -3.97. The topological polar surface area (TPSA) is 78.5 Å². The van der Waals surface area contributed by atoms with Gasteiger partial charge >= 0.3 is 0 Å². The molecule has 1 fully saturated rings. The van der Waals surface area contributed by atoms with Crippen LogP contribution >= 0.6 is 0 Å². The van der Waals surface area contributed by atoms with Gasteiger partial charge in [0.1, 0.15) is 5.82 Å². The summed E-state index contributed by atoms with van der Waals surface area (Å²) in [4.78, 5) is 13.5. The highest BCUT2D eigenvalue weighted by Gasteiger charge is 2.24.